The van der Waals surface area contributed by atoms with Crippen molar-refractivity contribution in [1.82, 2.24) is 9.55 Å². The molecule has 66 valence electrons. The van der Waals surface area contributed by atoms with Crippen molar-refractivity contribution in [2.24, 2.45) is 7.05 Å². The van der Waals surface area contributed by atoms with E-state index in [-0.39, 0.29) is 5.56 Å². The van der Waals surface area contributed by atoms with E-state index in [1.54, 1.807) is 24.0 Å². The molecule has 0 bridgehead atoms. The third-order valence-corrected chi connectivity index (χ3v) is 2.20. The first-order chi connectivity index (χ1) is 6.20. The third kappa shape index (κ3) is 1.13. The molecular weight excluding hydrogens is 164 g/mol. The Hall–Kier alpha value is -1.64. The van der Waals surface area contributed by atoms with Crippen LogP contribution in [0.2, 0.25) is 0 Å². The van der Waals surface area contributed by atoms with E-state index in [2.05, 4.69) is 4.98 Å². The second kappa shape index (κ2) is 2.69. The zero-order valence-corrected chi connectivity index (χ0v) is 7.61. The number of nitrogens with zero attached hydrogens (tertiary/aromatic N) is 2. The van der Waals surface area contributed by atoms with Gasteiger partial charge in [0.1, 0.15) is 0 Å². The highest BCUT2D eigenvalue weighted by Crippen LogP contribution is 2.10. The van der Waals surface area contributed by atoms with E-state index in [1.165, 1.54) is 0 Å². The number of pyridine rings is 2. The van der Waals surface area contributed by atoms with Crippen molar-refractivity contribution in [3.8, 4) is 0 Å². The number of aryl methyl sites for hydroxylation is 2. The molecule has 3 nitrogen and oxygen atoms in total. The van der Waals surface area contributed by atoms with E-state index in [0.717, 1.165) is 16.5 Å². The first kappa shape index (κ1) is 7.98. The Labute approximate surface area is 75.7 Å². The molecule has 0 aliphatic heterocycles. The molecule has 0 aliphatic rings. The van der Waals surface area contributed by atoms with Crippen molar-refractivity contribution in [3.05, 3.63) is 40.4 Å². The fraction of sp³-hybridized carbons (Fsp3) is 0.200. The molecule has 2 heterocycles. The van der Waals surface area contributed by atoms with Crippen LogP contribution >= 0.6 is 0 Å². The topological polar surface area (TPSA) is 34.9 Å². The van der Waals surface area contributed by atoms with Gasteiger partial charge in [0.2, 0.25) is 0 Å². The molecule has 13 heavy (non-hydrogen) atoms. The normalized spacial score (nSPS) is 10.6. The molecule has 0 spiro atoms. The Bertz CT molecular complexity index is 514. The highest BCUT2D eigenvalue weighted by molar-refractivity contribution is 5.80. The summed E-state index contributed by atoms with van der Waals surface area (Å²) >= 11 is 0. The Morgan fingerprint density at radius 2 is 2.23 bits per heavy atom. The summed E-state index contributed by atoms with van der Waals surface area (Å²) in [6.07, 6.45) is 3.48. The molecule has 2 rings (SSSR count). The number of aromatic nitrogens is 2. The number of rotatable bonds is 0. The molecule has 0 amide bonds. The Balaban J connectivity index is 3.02. The van der Waals surface area contributed by atoms with Crippen molar-refractivity contribution in [3.63, 3.8) is 0 Å². The molecule has 2 aromatic heterocycles. The van der Waals surface area contributed by atoms with Crippen LogP contribution in [-0.2, 0) is 7.05 Å². The Kier molecular flexibility index (Phi) is 1.65. The van der Waals surface area contributed by atoms with E-state index < -0.39 is 0 Å². The zero-order chi connectivity index (χ0) is 9.42. The molecule has 0 N–H and O–H groups in total. The van der Waals surface area contributed by atoms with Gasteiger partial charge in [-0.05, 0) is 13.0 Å². The van der Waals surface area contributed by atoms with Gasteiger partial charge in [-0.2, -0.15) is 0 Å². The van der Waals surface area contributed by atoms with Crippen LogP contribution in [-0.4, -0.2) is 9.55 Å². The summed E-state index contributed by atoms with van der Waals surface area (Å²) in [6, 6.07) is 3.76. The van der Waals surface area contributed by atoms with Gasteiger partial charge in [0, 0.05) is 30.4 Å². The molecule has 0 fully saturated rings. The van der Waals surface area contributed by atoms with E-state index in [1.807, 2.05) is 19.1 Å². The monoisotopic (exact) mass is 174 g/mol. The summed E-state index contributed by atoms with van der Waals surface area (Å²) in [6.45, 7) is 1.83. The smallest absolute Gasteiger partial charge is 0.253 e. The summed E-state index contributed by atoms with van der Waals surface area (Å²) < 4.78 is 1.56. The van der Waals surface area contributed by atoms with Crippen LogP contribution in [0.3, 0.4) is 0 Å². The van der Waals surface area contributed by atoms with Gasteiger partial charge in [0.15, 0.2) is 0 Å². The average Bonchev–Trinajstić information content (AvgIpc) is 2.15. The first-order valence-electron chi connectivity index (χ1n) is 4.11. The highest BCUT2D eigenvalue weighted by Gasteiger charge is 2.02. The van der Waals surface area contributed by atoms with Crippen molar-refractivity contribution in [1.29, 1.82) is 0 Å². The molecular formula is C10H10N2O. The first-order valence-corrected chi connectivity index (χ1v) is 4.11. The van der Waals surface area contributed by atoms with E-state index in [9.17, 15) is 4.79 Å². The number of fused-ring (bicyclic) bond motifs is 1. The molecule has 0 saturated heterocycles. The molecule has 0 aromatic carbocycles. The van der Waals surface area contributed by atoms with Gasteiger partial charge in [0.25, 0.3) is 5.56 Å². The van der Waals surface area contributed by atoms with Crippen LogP contribution in [0.5, 0.6) is 0 Å². The van der Waals surface area contributed by atoms with Crippen LogP contribution in [0.15, 0.2) is 29.3 Å². The van der Waals surface area contributed by atoms with Crippen molar-refractivity contribution in [2.45, 2.75) is 6.92 Å². The van der Waals surface area contributed by atoms with Crippen LogP contribution in [0, 0.1) is 6.92 Å². The number of hydrogen-bond donors (Lipinski definition) is 0. The summed E-state index contributed by atoms with van der Waals surface area (Å²) in [5.74, 6) is 0. The number of hydrogen-bond acceptors (Lipinski definition) is 2. The summed E-state index contributed by atoms with van der Waals surface area (Å²) in [5, 5.41) is 0.936. The maximum atomic E-state index is 11.5. The van der Waals surface area contributed by atoms with Gasteiger partial charge >= 0.3 is 0 Å². The SMILES string of the molecule is Cc1c(=O)n(C)cc2ncccc12. The molecule has 0 radical (unpaired) electrons. The summed E-state index contributed by atoms with van der Waals surface area (Å²) in [5.41, 5.74) is 1.66. The van der Waals surface area contributed by atoms with Crippen LogP contribution < -0.4 is 5.56 Å². The van der Waals surface area contributed by atoms with Gasteiger partial charge in [-0.15, -0.1) is 0 Å². The summed E-state index contributed by atoms with van der Waals surface area (Å²) in [7, 11) is 1.74. The molecule has 2 aromatic rings. The van der Waals surface area contributed by atoms with Crippen LogP contribution in [0.4, 0.5) is 0 Å². The predicted molar refractivity (Wildman–Crippen MR) is 51.7 cm³/mol. The van der Waals surface area contributed by atoms with Crippen LogP contribution in [0.25, 0.3) is 10.9 Å². The van der Waals surface area contributed by atoms with Gasteiger partial charge in [0.05, 0.1) is 5.52 Å². The lowest BCUT2D eigenvalue weighted by Gasteiger charge is -2.03. The van der Waals surface area contributed by atoms with E-state index >= 15 is 0 Å². The predicted octanol–water partition coefficient (Wildman–Crippen LogP) is 1.24. The Morgan fingerprint density at radius 3 is 3.00 bits per heavy atom. The minimum Gasteiger partial charge on any atom is -0.316 e. The standard InChI is InChI=1S/C10H10N2O/c1-7-8-4-3-5-11-9(8)6-12(2)10(7)13/h3-6H,1-2H3. The zero-order valence-electron chi connectivity index (χ0n) is 7.61. The highest BCUT2D eigenvalue weighted by atomic mass is 16.1. The molecule has 0 aliphatic carbocycles. The summed E-state index contributed by atoms with van der Waals surface area (Å²) in [4.78, 5) is 15.7. The minimum atomic E-state index is 0.0421. The second-order valence-corrected chi connectivity index (χ2v) is 3.11. The average molecular weight is 174 g/mol. The molecule has 3 heteroatoms. The minimum absolute atomic E-state index is 0.0421. The van der Waals surface area contributed by atoms with Gasteiger partial charge in [-0.1, -0.05) is 6.07 Å². The third-order valence-electron chi connectivity index (χ3n) is 2.20. The fourth-order valence-corrected chi connectivity index (χ4v) is 1.46. The van der Waals surface area contributed by atoms with Gasteiger partial charge in [-0.3, -0.25) is 9.78 Å². The maximum Gasteiger partial charge on any atom is 0.253 e. The van der Waals surface area contributed by atoms with Crippen LogP contribution in [0.1, 0.15) is 5.56 Å². The molecule has 0 atom stereocenters. The lowest BCUT2D eigenvalue weighted by atomic mass is 10.2. The van der Waals surface area contributed by atoms with Crippen molar-refractivity contribution in [2.75, 3.05) is 0 Å². The molecule has 0 unspecified atom stereocenters. The van der Waals surface area contributed by atoms with Gasteiger partial charge in [-0.25, -0.2) is 0 Å². The maximum absolute atomic E-state index is 11.5. The Morgan fingerprint density at radius 1 is 1.46 bits per heavy atom. The second-order valence-electron chi connectivity index (χ2n) is 3.11. The van der Waals surface area contributed by atoms with E-state index in [0.29, 0.717) is 0 Å². The lowest BCUT2D eigenvalue weighted by Crippen LogP contribution is -2.18. The fourth-order valence-electron chi connectivity index (χ4n) is 1.46. The van der Waals surface area contributed by atoms with Crippen molar-refractivity contribution < 1.29 is 0 Å². The lowest BCUT2D eigenvalue weighted by molar-refractivity contribution is 0.857. The van der Waals surface area contributed by atoms with Gasteiger partial charge < -0.3 is 4.57 Å². The largest absolute Gasteiger partial charge is 0.316 e. The van der Waals surface area contributed by atoms with E-state index in [4.69, 9.17) is 0 Å². The van der Waals surface area contributed by atoms with Crippen molar-refractivity contribution >= 4 is 10.9 Å². The quantitative estimate of drug-likeness (QED) is 0.602. The molecule has 0 saturated carbocycles.